The summed E-state index contributed by atoms with van der Waals surface area (Å²) in [6.07, 6.45) is 10.9. The third kappa shape index (κ3) is 2.69. The first-order valence-electron chi connectivity index (χ1n) is 5.00. The third-order valence-corrected chi connectivity index (χ3v) is 2.89. The van der Waals surface area contributed by atoms with Gasteiger partial charge in [-0.15, -0.1) is 0 Å². The van der Waals surface area contributed by atoms with E-state index in [1.807, 2.05) is 0 Å². The van der Waals surface area contributed by atoms with Crippen molar-refractivity contribution in [3.8, 4) is 0 Å². The predicted molar refractivity (Wildman–Crippen MR) is 50.6 cm³/mol. The lowest BCUT2D eigenvalue weighted by Gasteiger charge is -2.09. The van der Waals surface area contributed by atoms with Crippen molar-refractivity contribution >= 4 is 0 Å². The maximum absolute atomic E-state index is 2.30. The average Bonchev–Trinajstić information content (AvgIpc) is 2.52. The first kappa shape index (κ1) is 8.83. The number of rotatable bonds is 3. The molecule has 0 aromatic heterocycles. The van der Waals surface area contributed by atoms with Crippen LogP contribution in [0.25, 0.3) is 0 Å². The second-order valence-corrected chi connectivity index (χ2v) is 3.66. The van der Waals surface area contributed by atoms with Gasteiger partial charge in [-0.25, -0.2) is 0 Å². The molecule has 0 unspecified atom stereocenters. The Bertz CT molecular complexity index is 127. The van der Waals surface area contributed by atoms with Crippen molar-refractivity contribution in [2.24, 2.45) is 5.92 Å². The molecule has 0 amide bonds. The van der Waals surface area contributed by atoms with Gasteiger partial charge in [0.05, 0.1) is 0 Å². The van der Waals surface area contributed by atoms with Crippen LogP contribution in [0.4, 0.5) is 0 Å². The molecule has 0 heteroatoms. The summed E-state index contributed by atoms with van der Waals surface area (Å²) in [5, 5.41) is 0. The first-order valence-corrected chi connectivity index (χ1v) is 5.00. The van der Waals surface area contributed by atoms with Crippen LogP contribution >= 0.6 is 0 Å². The first-order chi connectivity index (χ1) is 5.36. The van der Waals surface area contributed by atoms with Gasteiger partial charge in [0.2, 0.25) is 0 Å². The lowest BCUT2D eigenvalue weighted by atomic mass is 9.96. The van der Waals surface area contributed by atoms with E-state index in [4.69, 9.17) is 0 Å². The van der Waals surface area contributed by atoms with Crippen molar-refractivity contribution in [2.45, 2.75) is 52.4 Å². The Morgan fingerprint density at radius 2 is 2.00 bits per heavy atom. The fourth-order valence-electron chi connectivity index (χ4n) is 2.05. The summed E-state index contributed by atoms with van der Waals surface area (Å²) in [5.74, 6) is 1.03. The molecule has 0 saturated heterocycles. The summed E-state index contributed by atoms with van der Waals surface area (Å²) in [6, 6.07) is 0. The van der Waals surface area contributed by atoms with E-state index in [-0.39, 0.29) is 0 Å². The highest BCUT2D eigenvalue weighted by Crippen LogP contribution is 2.30. The Kier molecular flexibility index (Phi) is 3.68. The zero-order valence-electron chi connectivity index (χ0n) is 7.90. The quantitative estimate of drug-likeness (QED) is 0.538. The Morgan fingerprint density at radius 1 is 1.36 bits per heavy atom. The SMILES string of the molecule is CC=C(CC)CC1CCCC1. The largest absolute Gasteiger partial charge is 0.0885 e. The molecule has 1 rings (SSSR count). The van der Waals surface area contributed by atoms with Crippen LogP contribution in [0.2, 0.25) is 0 Å². The van der Waals surface area contributed by atoms with Crippen molar-refractivity contribution < 1.29 is 0 Å². The molecule has 0 atom stereocenters. The molecule has 0 aromatic carbocycles. The highest BCUT2D eigenvalue weighted by Gasteiger charge is 2.15. The minimum atomic E-state index is 1.03. The van der Waals surface area contributed by atoms with Crippen molar-refractivity contribution in [1.82, 2.24) is 0 Å². The van der Waals surface area contributed by atoms with Gasteiger partial charge in [-0.3, -0.25) is 0 Å². The summed E-state index contributed by atoms with van der Waals surface area (Å²) in [4.78, 5) is 0. The molecule has 1 saturated carbocycles. The van der Waals surface area contributed by atoms with Gasteiger partial charge in [-0.2, -0.15) is 0 Å². The van der Waals surface area contributed by atoms with Crippen LogP contribution in [0.5, 0.6) is 0 Å². The molecule has 0 bridgehead atoms. The van der Waals surface area contributed by atoms with Gasteiger partial charge in [0.1, 0.15) is 0 Å². The molecule has 0 nitrogen and oxygen atoms in total. The lowest BCUT2D eigenvalue weighted by Crippen LogP contribution is -1.94. The van der Waals surface area contributed by atoms with E-state index in [1.54, 1.807) is 5.57 Å². The minimum absolute atomic E-state index is 1.03. The summed E-state index contributed by atoms with van der Waals surface area (Å²) in [7, 11) is 0. The molecule has 64 valence electrons. The minimum Gasteiger partial charge on any atom is -0.0885 e. The van der Waals surface area contributed by atoms with Crippen LogP contribution in [0.1, 0.15) is 52.4 Å². The zero-order chi connectivity index (χ0) is 8.10. The Hall–Kier alpha value is -0.260. The van der Waals surface area contributed by atoms with Crippen LogP contribution in [0.3, 0.4) is 0 Å². The van der Waals surface area contributed by atoms with E-state index in [0.717, 1.165) is 5.92 Å². The monoisotopic (exact) mass is 152 g/mol. The Balaban J connectivity index is 2.27. The third-order valence-electron chi connectivity index (χ3n) is 2.89. The summed E-state index contributed by atoms with van der Waals surface area (Å²) in [5.41, 5.74) is 1.66. The average molecular weight is 152 g/mol. The number of hydrogen-bond donors (Lipinski definition) is 0. The number of hydrogen-bond acceptors (Lipinski definition) is 0. The van der Waals surface area contributed by atoms with Crippen LogP contribution < -0.4 is 0 Å². The van der Waals surface area contributed by atoms with E-state index in [2.05, 4.69) is 19.9 Å². The molecular formula is C11H20. The predicted octanol–water partition coefficient (Wildman–Crippen LogP) is 3.92. The molecular weight excluding hydrogens is 132 g/mol. The summed E-state index contributed by atoms with van der Waals surface area (Å²) < 4.78 is 0. The normalized spacial score (nSPS) is 21.1. The van der Waals surface area contributed by atoms with Crippen molar-refractivity contribution in [3.05, 3.63) is 11.6 Å². The van der Waals surface area contributed by atoms with Gasteiger partial charge in [-0.05, 0) is 25.7 Å². The molecule has 0 N–H and O–H groups in total. The highest BCUT2D eigenvalue weighted by molar-refractivity contribution is 5.00. The van der Waals surface area contributed by atoms with E-state index >= 15 is 0 Å². The standard InChI is InChI=1S/C11H20/c1-3-10(4-2)9-11-7-5-6-8-11/h3,11H,4-9H2,1-2H3. The van der Waals surface area contributed by atoms with E-state index in [1.165, 1.54) is 38.5 Å². The Labute approximate surface area is 70.7 Å². The lowest BCUT2D eigenvalue weighted by molar-refractivity contribution is 0.536. The molecule has 0 heterocycles. The molecule has 0 radical (unpaired) electrons. The van der Waals surface area contributed by atoms with Crippen LogP contribution in [0, 0.1) is 5.92 Å². The fourth-order valence-corrected chi connectivity index (χ4v) is 2.05. The molecule has 1 aliphatic carbocycles. The van der Waals surface area contributed by atoms with Gasteiger partial charge in [0.25, 0.3) is 0 Å². The highest BCUT2D eigenvalue weighted by atomic mass is 14.2. The molecule has 0 spiro atoms. The molecule has 1 fully saturated rings. The maximum Gasteiger partial charge on any atom is -0.0292 e. The van der Waals surface area contributed by atoms with Crippen molar-refractivity contribution in [2.75, 3.05) is 0 Å². The molecule has 0 aliphatic heterocycles. The fraction of sp³-hybridized carbons (Fsp3) is 0.818. The van der Waals surface area contributed by atoms with Crippen LogP contribution in [0.15, 0.2) is 11.6 Å². The van der Waals surface area contributed by atoms with Gasteiger partial charge in [0, 0.05) is 0 Å². The Morgan fingerprint density at radius 3 is 2.45 bits per heavy atom. The van der Waals surface area contributed by atoms with Gasteiger partial charge < -0.3 is 0 Å². The summed E-state index contributed by atoms with van der Waals surface area (Å²) >= 11 is 0. The van der Waals surface area contributed by atoms with E-state index < -0.39 is 0 Å². The molecule has 11 heavy (non-hydrogen) atoms. The smallest absolute Gasteiger partial charge is 0.0292 e. The molecule has 1 aliphatic rings. The maximum atomic E-state index is 2.30. The topological polar surface area (TPSA) is 0 Å². The summed E-state index contributed by atoms with van der Waals surface area (Å²) in [6.45, 7) is 4.44. The van der Waals surface area contributed by atoms with Gasteiger partial charge >= 0.3 is 0 Å². The van der Waals surface area contributed by atoms with E-state index in [0.29, 0.717) is 0 Å². The zero-order valence-corrected chi connectivity index (χ0v) is 7.90. The van der Waals surface area contributed by atoms with Gasteiger partial charge in [0.15, 0.2) is 0 Å². The van der Waals surface area contributed by atoms with Gasteiger partial charge in [-0.1, -0.05) is 44.3 Å². The van der Waals surface area contributed by atoms with Crippen LogP contribution in [-0.4, -0.2) is 0 Å². The molecule has 0 aromatic rings. The number of allylic oxidation sites excluding steroid dienone is 2. The van der Waals surface area contributed by atoms with Crippen molar-refractivity contribution in [1.29, 1.82) is 0 Å². The second kappa shape index (κ2) is 4.58. The van der Waals surface area contributed by atoms with Crippen LogP contribution in [-0.2, 0) is 0 Å². The second-order valence-electron chi connectivity index (χ2n) is 3.66. The van der Waals surface area contributed by atoms with E-state index in [9.17, 15) is 0 Å². The van der Waals surface area contributed by atoms with Crippen molar-refractivity contribution in [3.63, 3.8) is 0 Å².